The van der Waals surface area contributed by atoms with Crippen LogP contribution in [0.15, 0.2) is 6.07 Å². The quantitative estimate of drug-likeness (QED) is 0.465. The van der Waals surface area contributed by atoms with E-state index in [0.29, 0.717) is 16.5 Å². The minimum absolute atomic E-state index is 0.0241. The maximum Gasteiger partial charge on any atom is 0.310 e. The monoisotopic (exact) mass is 341 g/mol. The van der Waals surface area contributed by atoms with Crippen molar-refractivity contribution in [3.05, 3.63) is 28.0 Å². The predicted octanol–water partition coefficient (Wildman–Crippen LogP) is 3.67. The van der Waals surface area contributed by atoms with E-state index in [9.17, 15) is 13.6 Å². The van der Waals surface area contributed by atoms with E-state index in [2.05, 4.69) is 20.9 Å². The summed E-state index contributed by atoms with van der Waals surface area (Å²) >= 11 is 9.00. The SMILES string of the molecule is CCOC(=O)Cc1cc(C(F)F)nc(Cl)c1CBr. The van der Waals surface area contributed by atoms with E-state index in [0.717, 1.165) is 0 Å². The fourth-order valence-electron chi connectivity index (χ4n) is 1.39. The zero-order chi connectivity index (χ0) is 13.7. The minimum atomic E-state index is -2.73. The van der Waals surface area contributed by atoms with Gasteiger partial charge in [-0.3, -0.25) is 4.79 Å². The summed E-state index contributed by atoms with van der Waals surface area (Å²) in [5, 5.41) is 0.306. The molecule has 0 aliphatic heterocycles. The van der Waals surface area contributed by atoms with E-state index < -0.39 is 18.1 Å². The predicted molar refractivity (Wildman–Crippen MR) is 67.2 cm³/mol. The van der Waals surface area contributed by atoms with Gasteiger partial charge in [0.05, 0.1) is 13.0 Å². The number of halogens is 4. The van der Waals surface area contributed by atoms with Gasteiger partial charge in [0.2, 0.25) is 0 Å². The van der Waals surface area contributed by atoms with Crippen LogP contribution in [0.25, 0.3) is 0 Å². The van der Waals surface area contributed by atoms with E-state index in [4.69, 9.17) is 16.3 Å². The lowest BCUT2D eigenvalue weighted by Gasteiger charge is -2.11. The van der Waals surface area contributed by atoms with Crippen molar-refractivity contribution >= 4 is 33.5 Å². The Morgan fingerprint density at radius 1 is 1.61 bits per heavy atom. The summed E-state index contributed by atoms with van der Waals surface area (Å²) in [5.41, 5.74) is 0.485. The second kappa shape index (κ2) is 6.99. The molecule has 0 N–H and O–H groups in total. The molecular weight excluding hydrogens is 331 g/mol. The molecule has 1 rings (SSSR count). The van der Waals surface area contributed by atoms with Gasteiger partial charge in [-0.1, -0.05) is 27.5 Å². The molecular formula is C11H11BrClF2NO2. The second-order valence-corrected chi connectivity index (χ2v) is 4.31. The lowest BCUT2D eigenvalue weighted by Crippen LogP contribution is -2.10. The fourth-order valence-corrected chi connectivity index (χ4v) is 2.46. The summed E-state index contributed by atoms with van der Waals surface area (Å²) in [6.45, 7) is 1.91. The van der Waals surface area contributed by atoms with Crippen LogP contribution in [-0.4, -0.2) is 17.6 Å². The molecule has 0 spiro atoms. The van der Waals surface area contributed by atoms with Crippen molar-refractivity contribution < 1.29 is 18.3 Å². The number of nitrogens with zero attached hydrogens (tertiary/aromatic N) is 1. The van der Waals surface area contributed by atoms with E-state index in [1.165, 1.54) is 6.07 Å². The van der Waals surface area contributed by atoms with Gasteiger partial charge in [0.25, 0.3) is 6.43 Å². The Morgan fingerprint density at radius 3 is 2.78 bits per heavy atom. The van der Waals surface area contributed by atoms with E-state index in [-0.39, 0.29) is 18.2 Å². The molecule has 0 radical (unpaired) electrons. The van der Waals surface area contributed by atoms with Gasteiger partial charge in [0.1, 0.15) is 10.8 Å². The summed E-state index contributed by atoms with van der Waals surface area (Å²) < 4.78 is 30.0. The number of ether oxygens (including phenoxy) is 1. The van der Waals surface area contributed by atoms with Crippen molar-refractivity contribution in [2.45, 2.75) is 25.1 Å². The topological polar surface area (TPSA) is 39.2 Å². The van der Waals surface area contributed by atoms with Crippen LogP contribution in [0.4, 0.5) is 8.78 Å². The summed E-state index contributed by atoms with van der Waals surface area (Å²) in [4.78, 5) is 15.0. The summed E-state index contributed by atoms with van der Waals surface area (Å²) in [6.07, 6.45) is -2.83. The molecule has 0 saturated carbocycles. The first-order valence-electron chi connectivity index (χ1n) is 5.17. The Bertz CT molecular complexity index is 443. The highest BCUT2D eigenvalue weighted by molar-refractivity contribution is 9.08. The van der Waals surface area contributed by atoms with Gasteiger partial charge in [-0.15, -0.1) is 0 Å². The van der Waals surface area contributed by atoms with Crippen LogP contribution in [0.5, 0.6) is 0 Å². The molecule has 0 atom stereocenters. The number of carbonyl (C=O) groups is 1. The molecule has 0 fully saturated rings. The maximum atomic E-state index is 12.6. The molecule has 0 aromatic carbocycles. The van der Waals surface area contributed by atoms with Crippen LogP contribution < -0.4 is 0 Å². The highest BCUT2D eigenvalue weighted by Crippen LogP contribution is 2.27. The molecule has 1 aromatic rings. The highest BCUT2D eigenvalue weighted by Gasteiger charge is 2.18. The Morgan fingerprint density at radius 2 is 2.28 bits per heavy atom. The molecule has 0 aliphatic rings. The first kappa shape index (κ1) is 15.3. The van der Waals surface area contributed by atoms with Gasteiger partial charge < -0.3 is 4.74 Å². The van der Waals surface area contributed by atoms with Gasteiger partial charge in [-0.05, 0) is 18.6 Å². The van der Waals surface area contributed by atoms with Gasteiger partial charge >= 0.3 is 5.97 Å². The van der Waals surface area contributed by atoms with Crippen molar-refractivity contribution in [2.24, 2.45) is 0 Å². The number of alkyl halides is 3. The molecule has 100 valence electrons. The number of esters is 1. The molecule has 0 aliphatic carbocycles. The molecule has 18 heavy (non-hydrogen) atoms. The Labute approximate surface area is 117 Å². The summed E-state index contributed by atoms with van der Waals surface area (Å²) in [7, 11) is 0. The van der Waals surface area contributed by atoms with E-state index >= 15 is 0 Å². The molecule has 7 heteroatoms. The van der Waals surface area contributed by atoms with Gasteiger partial charge in [0, 0.05) is 10.9 Å². The molecule has 1 aromatic heterocycles. The molecule has 0 amide bonds. The van der Waals surface area contributed by atoms with Gasteiger partial charge in [-0.2, -0.15) is 0 Å². The van der Waals surface area contributed by atoms with Crippen molar-refractivity contribution in [3.8, 4) is 0 Å². The van der Waals surface area contributed by atoms with Crippen molar-refractivity contribution in [2.75, 3.05) is 6.61 Å². The molecule has 0 unspecified atom stereocenters. The van der Waals surface area contributed by atoms with Crippen LogP contribution in [0, 0.1) is 0 Å². The van der Waals surface area contributed by atoms with Crippen molar-refractivity contribution in [3.63, 3.8) is 0 Å². The van der Waals surface area contributed by atoms with Crippen LogP contribution in [-0.2, 0) is 21.3 Å². The van der Waals surface area contributed by atoms with Crippen LogP contribution in [0.3, 0.4) is 0 Å². The average molecular weight is 343 g/mol. The zero-order valence-electron chi connectivity index (χ0n) is 9.55. The van der Waals surface area contributed by atoms with Crippen molar-refractivity contribution in [1.29, 1.82) is 0 Å². The normalized spacial score (nSPS) is 10.8. The number of hydrogen-bond donors (Lipinski definition) is 0. The van der Waals surface area contributed by atoms with Crippen LogP contribution in [0.1, 0.15) is 30.2 Å². The first-order valence-corrected chi connectivity index (χ1v) is 6.67. The third kappa shape index (κ3) is 3.88. The zero-order valence-corrected chi connectivity index (χ0v) is 11.9. The Hall–Kier alpha value is -0.750. The summed E-state index contributed by atoms with van der Waals surface area (Å²) in [5.74, 6) is -0.484. The largest absolute Gasteiger partial charge is 0.466 e. The third-order valence-corrected chi connectivity index (χ3v) is 3.06. The lowest BCUT2D eigenvalue weighted by molar-refractivity contribution is -0.142. The molecule has 0 saturated heterocycles. The summed E-state index contributed by atoms with van der Waals surface area (Å²) in [6, 6.07) is 1.18. The van der Waals surface area contributed by atoms with Crippen LogP contribution >= 0.6 is 27.5 Å². The van der Waals surface area contributed by atoms with E-state index in [1.54, 1.807) is 6.92 Å². The molecule has 3 nitrogen and oxygen atoms in total. The third-order valence-electron chi connectivity index (χ3n) is 2.18. The maximum absolute atomic E-state index is 12.6. The van der Waals surface area contributed by atoms with Crippen molar-refractivity contribution in [1.82, 2.24) is 4.98 Å². The van der Waals surface area contributed by atoms with Gasteiger partial charge in [0.15, 0.2) is 0 Å². The second-order valence-electron chi connectivity index (χ2n) is 3.39. The number of aromatic nitrogens is 1. The average Bonchev–Trinajstić information content (AvgIpc) is 2.28. The number of hydrogen-bond acceptors (Lipinski definition) is 3. The highest BCUT2D eigenvalue weighted by atomic mass is 79.9. The lowest BCUT2D eigenvalue weighted by atomic mass is 10.1. The Balaban J connectivity index is 3.10. The van der Waals surface area contributed by atoms with Gasteiger partial charge in [-0.25, -0.2) is 13.8 Å². The minimum Gasteiger partial charge on any atom is -0.466 e. The number of pyridine rings is 1. The Kier molecular flexibility index (Phi) is 5.95. The molecule has 1 heterocycles. The number of carbonyl (C=O) groups excluding carboxylic acids is 1. The smallest absolute Gasteiger partial charge is 0.310 e. The first-order chi connectivity index (χ1) is 8.49. The fraction of sp³-hybridized carbons (Fsp3) is 0.455. The molecule has 0 bridgehead atoms. The van der Waals surface area contributed by atoms with Crippen LogP contribution in [0.2, 0.25) is 5.15 Å². The standard InChI is InChI=1S/C11H11BrClF2NO2/c1-2-18-9(17)4-6-3-8(11(14)15)16-10(13)7(6)5-12/h3,11H,2,4-5H2,1H3. The number of rotatable bonds is 5. The van der Waals surface area contributed by atoms with E-state index in [1.807, 2.05) is 0 Å².